The molecule has 0 unspecified atom stereocenters. The Morgan fingerprint density at radius 1 is 1.54 bits per heavy atom. The van der Waals surface area contributed by atoms with Gasteiger partial charge in [-0.2, -0.15) is 13.1 Å². The van der Waals surface area contributed by atoms with Gasteiger partial charge in [0.25, 0.3) is 10.2 Å². The maximum atomic E-state index is 10.8. The van der Waals surface area contributed by atoms with Crippen LogP contribution in [0.4, 0.5) is 0 Å². The molecule has 76 valence electrons. The molecule has 3 N–H and O–H groups in total. The van der Waals surface area contributed by atoms with Crippen molar-refractivity contribution >= 4 is 16.1 Å². The Bertz CT molecular complexity index is 318. The first-order chi connectivity index (χ1) is 5.72. The smallest absolute Gasteiger partial charge is 0.274 e. The summed E-state index contributed by atoms with van der Waals surface area (Å²) in [7, 11) is -3.68. The largest absolute Gasteiger partial charge is 0.339 e. The molecule has 1 amide bonds. The summed E-state index contributed by atoms with van der Waals surface area (Å²) in [6.07, 6.45) is 0. The van der Waals surface area contributed by atoms with E-state index in [1.54, 1.807) is 6.92 Å². The van der Waals surface area contributed by atoms with Crippen LogP contribution in [0.15, 0.2) is 0 Å². The average Bonchev–Trinajstić information content (AvgIpc) is 1.77. The second-order valence-corrected chi connectivity index (χ2v) is 4.88. The topological polar surface area (TPSA) is 92.5 Å². The SMILES string of the molecule is CC(=O)N1CC(C)(NS(N)(=O)=O)C1. The van der Waals surface area contributed by atoms with E-state index in [1.165, 1.54) is 11.8 Å². The van der Waals surface area contributed by atoms with Gasteiger partial charge in [-0.15, -0.1) is 0 Å². The molecule has 0 bridgehead atoms. The maximum Gasteiger partial charge on any atom is 0.274 e. The van der Waals surface area contributed by atoms with E-state index in [9.17, 15) is 13.2 Å². The van der Waals surface area contributed by atoms with Crippen molar-refractivity contribution in [1.82, 2.24) is 9.62 Å². The molecular weight excluding hydrogens is 194 g/mol. The molecule has 0 aromatic heterocycles. The van der Waals surface area contributed by atoms with E-state index in [0.717, 1.165) is 0 Å². The summed E-state index contributed by atoms with van der Waals surface area (Å²) in [6.45, 7) is 3.89. The molecule has 7 heteroatoms. The normalized spacial score (nSPS) is 21.0. The highest BCUT2D eigenvalue weighted by atomic mass is 32.2. The van der Waals surface area contributed by atoms with E-state index in [-0.39, 0.29) is 5.91 Å². The Morgan fingerprint density at radius 3 is 2.31 bits per heavy atom. The Labute approximate surface area is 77.3 Å². The highest BCUT2D eigenvalue weighted by molar-refractivity contribution is 7.87. The Hall–Kier alpha value is -0.660. The number of rotatable bonds is 2. The average molecular weight is 207 g/mol. The van der Waals surface area contributed by atoms with Crippen molar-refractivity contribution in [2.45, 2.75) is 19.4 Å². The van der Waals surface area contributed by atoms with Gasteiger partial charge in [-0.05, 0) is 6.92 Å². The van der Waals surface area contributed by atoms with Gasteiger partial charge < -0.3 is 4.90 Å². The van der Waals surface area contributed by atoms with Crippen molar-refractivity contribution in [3.63, 3.8) is 0 Å². The fourth-order valence-electron chi connectivity index (χ4n) is 1.43. The maximum absolute atomic E-state index is 10.8. The monoisotopic (exact) mass is 207 g/mol. The number of likely N-dealkylation sites (tertiary alicyclic amines) is 1. The number of hydrogen-bond acceptors (Lipinski definition) is 3. The van der Waals surface area contributed by atoms with Gasteiger partial charge in [-0.1, -0.05) is 0 Å². The minimum Gasteiger partial charge on any atom is -0.339 e. The highest BCUT2D eigenvalue weighted by Crippen LogP contribution is 2.20. The first-order valence-electron chi connectivity index (χ1n) is 3.79. The number of amides is 1. The summed E-state index contributed by atoms with van der Waals surface area (Å²) in [5.74, 6) is -0.0614. The predicted molar refractivity (Wildman–Crippen MR) is 46.9 cm³/mol. The predicted octanol–water partition coefficient (Wildman–Crippen LogP) is -1.60. The lowest BCUT2D eigenvalue weighted by molar-refractivity contribution is -0.136. The first-order valence-corrected chi connectivity index (χ1v) is 5.34. The molecule has 0 radical (unpaired) electrons. The van der Waals surface area contributed by atoms with Crippen LogP contribution in [0.5, 0.6) is 0 Å². The van der Waals surface area contributed by atoms with Crippen LogP contribution >= 0.6 is 0 Å². The Kier molecular flexibility index (Phi) is 2.35. The van der Waals surface area contributed by atoms with Crippen molar-refractivity contribution in [1.29, 1.82) is 0 Å². The van der Waals surface area contributed by atoms with E-state index in [1.807, 2.05) is 0 Å². The molecule has 0 spiro atoms. The fraction of sp³-hybridized carbons (Fsp3) is 0.833. The molecule has 1 saturated heterocycles. The van der Waals surface area contributed by atoms with E-state index < -0.39 is 15.7 Å². The standard InChI is InChI=1S/C6H13N3O3S/c1-5(10)9-3-6(2,4-9)8-13(7,11)12/h8H,3-4H2,1-2H3,(H2,7,11,12). The van der Waals surface area contributed by atoms with E-state index in [2.05, 4.69) is 4.72 Å². The number of nitrogens with one attached hydrogen (secondary N) is 1. The first kappa shape index (κ1) is 10.4. The molecule has 1 heterocycles. The lowest BCUT2D eigenvalue weighted by Gasteiger charge is -2.47. The van der Waals surface area contributed by atoms with Gasteiger partial charge in [0.15, 0.2) is 0 Å². The van der Waals surface area contributed by atoms with Gasteiger partial charge in [-0.3, -0.25) is 4.79 Å². The Morgan fingerprint density at radius 2 is 2.00 bits per heavy atom. The molecule has 1 aliphatic heterocycles. The summed E-state index contributed by atoms with van der Waals surface area (Å²) < 4.78 is 23.6. The van der Waals surface area contributed by atoms with Crippen molar-refractivity contribution in [3.05, 3.63) is 0 Å². The van der Waals surface area contributed by atoms with Gasteiger partial charge in [0.1, 0.15) is 0 Å². The molecule has 0 aromatic carbocycles. The van der Waals surface area contributed by atoms with Crippen molar-refractivity contribution < 1.29 is 13.2 Å². The second-order valence-electron chi connectivity index (χ2n) is 3.58. The van der Waals surface area contributed by atoms with Crippen LogP contribution in [-0.2, 0) is 15.0 Å². The third-order valence-electron chi connectivity index (χ3n) is 1.91. The quantitative estimate of drug-likeness (QED) is 0.571. The van der Waals surface area contributed by atoms with Gasteiger partial charge in [0.05, 0.1) is 5.54 Å². The molecule has 0 saturated carbocycles. The molecular formula is C6H13N3O3S. The number of hydrogen-bond donors (Lipinski definition) is 2. The second kappa shape index (κ2) is 2.93. The van der Waals surface area contributed by atoms with Crippen molar-refractivity contribution in [3.8, 4) is 0 Å². The van der Waals surface area contributed by atoms with E-state index in [4.69, 9.17) is 5.14 Å². The van der Waals surface area contributed by atoms with E-state index in [0.29, 0.717) is 13.1 Å². The van der Waals surface area contributed by atoms with Crippen molar-refractivity contribution in [2.24, 2.45) is 5.14 Å². The lowest BCUT2D eigenvalue weighted by atomic mass is 9.94. The third kappa shape index (κ3) is 2.64. The summed E-state index contributed by atoms with van der Waals surface area (Å²) in [6, 6.07) is 0. The number of nitrogens with two attached hydrogens (primary N) is 1. The highest BCUT2D eigenvalue weighted by Gasteiger charge is 2.42. The zero-order valence-electron chi connectivity index (χ0n) is 7.57. The fourth-order valence-corrected chi connectivity index (χ4v) is 2.24. The van der Waals surface area contributed by atoms with Crippen LogP contribution in [-0.4, -0.2) is 37.9 Å². The van der Waals surface area contributed by atoms with Crippen LogP contribution in [0.2, 0.25) is 0 Å². The van der Waals surface area contributed by atoms with Crippen LogP contribution in [0.25, 0.3) is 0 Å². The number of carbonyl (C=O) groups excluding carboxylic acids is 1. The lowest BCUT2D eigenvalue weighted by Crippen LogP contribution is -2.70. The molecule has 13 heavy (non-hydrogen) atoms. The van der Waals surface area contributed by atoms with Gasteiger partial charge in [0.2, 0.25) is 5.91 Å². The zero-order chi connectivity index (χ0) is 10.3. The van der Waals surface area contributed by atoms with Crippen LogP contribution < -0.4 is 9.86 Å². The summed E-state index contributed by atoms with van der Waals surface area (Å²) in [5, 5.41) is 4.81. The summed E-state index contributed by atoms with van der Waals surface area (Å²) in [4.78, 5) is 12.3. The zero-order valence-corrected chi connectivity index (χ0v) is 8.39. The van der Waals surface area contributed by atoms with Gasteiger partial charge in [-0.25, -0.2) is 5.14 Å². The third-order valence-corrected chi connectivity index (χ3v) is 2.69. The molecule has 0 atom stereocenters. The number of carbonyl (C=O) groups is 1. The summed E-state index contributed by atoms with van der Waals surface area (Å²) in [5.41, 5.74) is -0.598. The van der Waals surface area contributed by atoms with Gasteiger partial charge >= 0.3 is 0 Å². The molecule has 1 aliphatic rings. The molecule has 1 rings (SSSR count). The molecule has 1 fully saturated rings. The summed E-state index contributed by atoms with van der Waals surface area (Å²) >= 11 is 0. The minimum atomic E-state index is -3.68. The Balaban J connectivity index is 2.52. The van der Waals surface area contributed by atoms with Crippen LogP contribution in [0.3, 0.4) is 0 Å². The van der Waals surface area contributed by atoms with Crippen molar-refractivity contribution in [2.75, 3.05) is 13.1 Å². The van der Waals surface area contributed by atoms with Gasteiger partial charge in [0, 0.05) is 20.0 Å². The number of nitrogens with zero attached hydrogens (tertiary/aromatic N) is 1. The van der Waals surface area contributed by atoms with Crippen LogP contribution in [0, 0.1) is 0 Å². The van der Waals surface area contributed by atoms with Crippen LogP contribution in [0.1, 0.15) is 13.8 Å². The molecule has 6 nitrogen and oxygen atoms in total. The molecule has 0 aliphatic carbocycles. The van der Waals surface area contributed by atoms with E-state index >= 15 is 0 Å². The minimum absolute atomic E-state index is 0.0614. The molecule has 0 aromatic rings.